The summed E-state index contributed by atoms with van der Waals surface area (Å²) in [4.78, 5) is 12.1. The lowest BCUT2D eigenvalue weighted by Crippen LogP contribution is -1.99. The molecule has 17 heavy (non-hydrogen) atoms. The third-order valence-electron chi connectivity index (χ3n) is 3.28. The highest BCUT2D eigenvalue weighted by atomic mass is 16.1. The van der Waals surface area contributed by atoms with Crippen LogP contribution in [0.1, 0.15) is 42.6 Å². The number of Topliss-reactive ketones (excluding diaryl/α,β-unsaturated/α-hetero) is 1. The number of hydrogen-bond donors (Lipinski definition) is 0. The van der Waals surface area contributed by atoms with Crippen LogP contribution in [0.25, 0.3) is 5.57 Å². The Balaban J connectivity index is 2.56. The van der Waals surface area contributed by atoms with Crippen molar-refractivity contribution in [3.63, 3.8) is 0 Å². The Kier molecular flexibility index (Phi) is 3.10. The molecule has 1 aromatic carbocycles. The molecule has 1 aliphatic rings. The van der Waals surface area contributed by atoms with E-state index in [0.717, 1.165) is 24.0 Å². The van der Waals surface area contributed by atoms with Crippen LogP contribution in [0.4, 0.5) is 0 Å². The highest BCUT2D eigenvalue weighted by Crippen LogP contribution is 2.38. The van der Waals surface area contributed by atoms with Crippen molar-refractivity contribution in [2.24, 2.45) is 5.92 Å². The molecule has 0 aliphatic heterocycles. The third-order valence-corrected chi connectivity index (χ3v) is 3.28. The van der Waals surface area contributed by atoms with Crippen LogP contribution in [0, 0.1) is 17.2 Å². The minimum absolute atomic E-state index is 0.110. The summed E-state index contributed by atoms with van der Waals surface area (Å²) in [5.74, 6) is 0.156. The molecule has 2 nitrogen and oxygen atoms in total. The lowest BCUT2D eigenvalue weighted by Gasteiger charge is -2.13. The Labute approximate surface area is 102 Å². The Morgan fingerprint density at radius 2 is 1.94 bits per heavy atom. The van der Waals surface area contributed by atoms with E-state index in [2.05, 4.69) is 19.9 Å². The van der Waals surface area contributed by atoms with Crippen LogP contribution in [-0.2, 0) is 0 Å². The Hall–Kier alpha value is -1.88. The summed E-state index contributed by atoms with van der Waals surface area (Å²) in [6, 6.07) is 9.60. The minimum atomic E-state index is -0.110. The van der Waals surface area contributed by atoms with Gasteiger partial charge in [-0.3, -0.25) is 4.79 Å². The van der Waals surface area contributed by atoms with E-state index in [1.807, 2.05) is 18.2 Å². The van der Waals surface area contributed by atoms with E-state index >= 15 is 0 Å². The number of nitrogens with zero attached hydrogens (tertiary/aromatic N) is 1. The summed E-state index contributed by atoms with van der Waals surface area (Å²) in [5.41, 5.74) is 2.92. The van der Waals surface area contributed by atoms with Gasteiger partial charge in [0.2, 0.25) is 5.78 Å². The van der Waals surface area contributed by atoms with Gasteiger partial charge in [0.05, 0.1) is 0 Å². The molecule has 0 aromatic heterocycles. The quantitative estimate of drug-likeness (QED) is 0.788. The number of rotatable bonds is 3. The average molecular weight is 225 g/mol. The predicted octanol–water partition coefficient (Wildman–Crippen LogP) is 3.60. The highest BCUT2D eigenvalue weighted by Gasteiger charge is 2.31. The lowest BCUT2D eigenvalue weighted by atomic mass is 9.90. The largest absolute Gasteiger partial charge is 0.288 e. The Morgan fingerprint density at radius 3 is 2.53 bits per heavy atom. The van der Waals surface area contributed by atoms with Crippen molar-refractivity contribution in [2.75, 3.05) is 0 Å². The first-order valence-corrected chi connectivity index (χ1v) is 5.99. The maximum atomic E-state index is 12.1. The van der Waals surface area contributed by atoms with Gasteiger partial charge < -0.3 is 0 Å². The average Bonchev–Trinajstić information content (AvgIpc) is 2.63. The van der Waals surface area contributed by atoms with Gasteiger partial charge in [-0.05, 0) is 23.5 Å². The van der Waals surface area contributed by atoms with Crippen molar-refractivity contribution in [2.45, 2.75) is 26.7 Å². The molecule has 2 rings (SSSR count). The maximum absolute atomic E-state index is 12.1. The molecule has 0 saturated heterocycles. The first kappa shape index (κ1) is 11.6. The monoisotopic (exact) mass is 225 g/mol. The molecular formula is C15H15NO. The van der Waals surface area contributed by atoms with Crippen LogP contribution in [0.2, 0.25) is 0 Å². The number of allylic oxidation sites excluding steroid dienone is 2. The summed E-state index contributed by atoms with van der Waals surface area (Å²) in [6.07, 6.45) is 2.06. The van der Waals surface area contributed by atoms with Crippen molar-refractivity contribution in [3.8, 4) is 6.07 Å². The normalized spacial score (nSPS) is 15.7. The summed E-state index contributed by atoms with van der Waals surface area (Å²) in [5, 5.41) is 9.17. The molecule has 0 spiro atoms. The van der Waals surface area contributed by atoms with Gasteiger partial charge in [-0.25, -0.2) is 0 Å². The van der Waals surface area contributed by atoms with Gasteiger partial charge in [0.1, 0.15) is 11.6 Å². The zero-order valence-corrected chi connectivity index (χ0v) is 10.2. The molecule has 0 saturated carbocycles. The standard InChI is InChI=1S/C15H15NO/c1-3-6-10(2)14-11-7-4-5-8-12(11)15(17)13(14)9-16/h4-5,7-8,10H,3,6H2,1-2H3. The van der Waals surface area contributed by atoms with Crippen molar-refractivity contribution >= 4 is 11.4 Å². The van der Waals surface area contributed by atoms with E-state index in [-0.39, 0.29) is 11.7 Å². The Bertz CT molecular complexity index is 534. The molecule has 1 aliphatic carbocycles. The van der Waals surface area contributed by atoms with Gasteiger partial charge in [0, 0.05) is 5.56 Å². The lowest BCUT2D eigenvalue weighted by molar-refractivity contribution is 0.104. The minimum Gasteiger partial charge on any atom is -0.288 e. The van der Waals surface area contributed by atoms with Crippen molar-refractivity contribution in [1.29, 1.82) is 5.26 Å². The summed E-state index contributed by atoms with van der Waals surface area (Å²) < 4.78 is 0. The van der Waals surface area contributed by atoms with Gasteiger partial charge in [0.25, 0.3) is 0 Å². The molecule has 0 radical (unpaired) electrons. The number of benzene rings is 1. The molecule has 2 heteroatoms. The maximum Gasteiger partial charge on any atom is 0.204 e. The number of carbonyl (C=O) groups excluding carboxylic acids is 1. The van der Waals surface area contributed by atoms with E-state index in [9.17, 15) is 4.79 Å². The molecule has 1 aromatic rings. The number of nitriles is 1. The second kappa shape index (κ2) is 4.55. The Morgan fingerprint density at radius 1 is 1.29 bits per heavy atom. The van der Waals surface area contributed by atoms with E-state index in [0.29, 0.717) is 11.1 Å². The fourth-order valence-electron chi connectivity index (χ4n) is 2.51. The first-order chi connectivity index (χ1) is 8.20. The van der Waals surface area contributed by atoms with Gasteiger partial charge in [0.15, 0.2) is 0 Å². The molecule has 0 heterocycles. The van der Waals surface area contributed by atoms with Gasteiger partial charge in [-0.1, -0.05) is 44.5 Å². The molecule has 1 atom stereocenters. The number of hydrogen-bond acceptors (Lipinski definition) is 2. The van der Waals surface area contributed by atoms with Crippen LogP contribution in [0.3, 0.4) is 0 Å². The second-order valence-electron chi connectivity index (χ2n) is 4.46. The SMILES string of the molecule is CCCC(C)C1=C(C#N)C(=O)c2ccccc21. The smallest absolute Gasteiger partial charge is 0.204 e. The van der Waals surface area contributed by atoms with Crippen molar-refractivity contribution in [1.82, 2.24) is 0 Å². The van der Waals surface area contributed by atoms with E-state index in [4.69, 9.17) is 5.26 Å². The molecular weight excluding hydrogens is 210 g/mol. The zero-order chi connectivity index (χ0) is 12.4. The van der Waals surface area contributed by atoms with Crippen molar-refractivity contribution in [3.05, 3.63) is 41.0 Å². The van der Waals surface area contributed by atoms with Crippen LogP contribution in [0.15, 0.2) is 29.8 Å². The van der Waals surface area contributed by atoms with Crippen LogP contribution < -0.4 is 0 Å². The molecule has 1 unspecified atom stereocenters. The molecule has 0 fully saturated rings. The predicted molar refractivity (Wildman–Crippen MR) is 67.4 cm³/mol. The van der Waals surface area contributed by atoms with Crippen molar-refractivity contribution < 1.29 is 4.79 Å². The summed E-state index contributed by atoms with van der Waals surface area (Å²) in [6.45, 7) is 4.21. The zero-order valence-electron chi connectivity index (χ0n) is 10.2. The fraction of sp³-hybridized carbons (Fsp3) is 0.333. The van der Waals surface area contributed by atoms with Crippen LogP contribution in [-0.4, -0.2) is 5.78 Å². The van der Waals surface area contributed by atoms with Gasteiger partial charge in [-0.2, -0.15) is 5.26 Å². The van der Waals surface area contributed by atoms with Gasteiger partial charge >= 0.3 is 0 Å². The molecule has 0 bridgehead atoms. The molecule has 0 amide bonds. The van der Waals surface area contributed by atoms with Crippen LogP contribution in [0.5, 0.6) is 0 Å². The van der Waals surface area contributed by atoms with E-state index in [1.54, 1.807) is 6.07 Å². The summed E-state index contributed by atoms with van der Waals surface area (Å²) in [7, 11) is 0. The van der Waals surface area contributed by atoms with Crippen LogP contribution >= 0.6 is 0 Å². The summed E-state index contributed by atoms with van der Waals surface area (Å²) >= 11 is 0. The number of fused-ring (bicyclic) bond motifs is 1. The molecule has 0 N–H and O–H groups in total. The first-order valence-electron chi connectivity index (χ1n) is 5.99. The molecule has 86 valence electrons. The van der Waals surface area contributed by atoms with E-state index < -0.39 is 0 Å². The topological polar surface area (TPSA) is 40.9 Å². The highest BCUT2D eigenvalue weighted by molar-refractivity contribution is 6.23. The fourth-order valence-corrected chi connectivity index (χ4v) is 2.51. The second-order valence-corrected chi connectivity index (χ2v) is 4.46. The van der Waals surface area contributed by atoms with Gasteiger partial charge in [-0.15, -0.1) is 0 Å². The number of ketones is 1. The number of carbonyl (C=O) groups is 1. The third kappa shape index (κ3) is 1.78. The van der Waals surface area contributed by atoms with E-state index in [1.165, 1.54) is 0 Å².